The molecule has 3 rings (SSSR count). The SMILES string of the molecule is C[C@@H]1CCCCN1c1cc(Cl)nc(NC(=S)NCc2ccccc2)n1. The molecular weight excluding hydrogens is 354 g/mol. The maximum Gasteiger partial charge on any atom is 0.232 e. The summed E-state index contributed by atoms with van der Waals surface area (Å²) >= 11 is 11.5. The molecule has 0 aliphatic carbocycles. The van der Waals surface area contributed by atoms with Crippen LogP contribution in [-0.2, 0) is 6.54 Å². The summed E-state index contributed by atoms with van der Waals surface area (Å²) in [6, 6.07) is 12.3. The molecule has 7 heteroatoms. The van der Waals surface area contributed by atoms with E-state index in [0.717, 1.165) is 17.9 Å². The topological polar surface area (TPSA) is 53.1 Å². The summed E-state index contributed by atoms with van der Waals surface area (Å²) in [6.45, 7) is 3.85. The minimum atomic E-state index is 0.413. The van der Waals surface area contributed by atoms with Gasteiger partial charge in [0.1, 0.15) is 11.0 Å². The molecule has 1 aromatic heterocycles. The molecule has 2 N–H and O–H groups in total. The number of nitrogens with zero attached hydrogens (tertiary/aromatic N) is 3. The zero-order valence-electron chi connectivity index (χ0n) is 14.2. The van der Waals surface area contributed by atoms with Gasteiger partial charge in [0.15, 0.2) is 5.11 Å². The van der Waals surface area contributed by atoms with E-state index in [0.29, 0.717) is 28.8 Å². The molecule has 2 aromatic rings. The number of anilines is 2. The molecule has 0 radical (unpaired) electrons. The van der Waals surface area contributed by atoms with E-state index >= 15 is 0 Å². The highest BCUT2D eigenvalue weighted by Crippen LogP contribution is 2.25. The molecule has 0 bridgehead atoms. The van der Waals surface area contributed by atoms with E-state index in [-0.39, 0.29) is 0 Å². The maximum absolute atomic E-state index is 6.19. The number of hydrogen-bond acceptors (Lipinski definition) is 4. The first-order chi connectivity index (χ1) is 12.1. The number of rotatable bonds is 4. The van der Waals surface area contributed by atoms with Crippen LogP contribution >= 0.6 is 23.8 Å². The summed E-state index contributed by atoms with van der Waals surface area (Å²) in [6.07, 6.45) is 3.60. The first-order valence-electron chi connectivity index (χ1n) is 8.52. The van der Waals surface area contributed by atoms with Gasteiger partial charge >= 0.3 is 0 Å². The predicted molar refractivity (Wildman–Crippen MR) is 107 cm³/mol. The number of benzene rings is 1. The lowest BCUT2D eigenvalue weighted by Crippen LogP contribution is -2.38. The van der Waals surface area contributed by atoms with Gasteiger partial charge in [-0.1, -0.05) is 41.9 Å². The highest BCUT2D eigenvalue weighted by Gasteiger charge is 2.20. The third-order valence-corrected chi connectivity index (χ3v) is 4.74. The smallest absolute Gasteiger partial charge is 0.232 e. The highest BCUT2D eigenvalue weighted by atomic mass is 35.5. The minimum absolute atomic E-state index is 0.413. The largest absolute Gasteiger partial charge is 0.358 e. The zero-order valence-corrected chi connectivity index (χ0v) is 15.8. The van der Waals surface area contributed by atoms with Gasteiger partial charge in [-0.15, -0.1) is 0 Å². The lowest BCUT2D eigenvalue weighted by atomic mass is 10.0. The quantitative estimate of drug-likeness (QED) is 0.622. The predicted octanol–water partition coefficient (Wildman–Crippen LogP) is 4.00. The Kier molecular flexibility index (Phi) is 6.04. The normalized spacial score (nSPS) is 17.2. The number of piperidine rings is 1. The van der Waals surface area contributed by atoms with Crippen LogP contribution in [0.1, 0.15) is 31.7 Å². The van der Waals surface area contributed by atoms with E-state index in [4.69, 9.17) is 23.8 Å². The van der Waals surface area contributed by atoms with Gasteiger partial charge in [-0.2, -0.15) is 4.98 Å². The van der Waals surface area contributed by atoms with Crippen LogP contribution in [-0.4, -0.2) is 27.7 Å². The Hall–Kier alpha value is -1.92. The summed E-state index contributed by atoms with van der Waals surface area (Å²) in [5.41, 5.74) is 1.15. The van der Waals surface area contributed by atoms with Gasteiger partial charge in [0.2, 0.25) is 5.95 Å². The number of hydrogen-bond donors (Lipinski definition) is 2. The highest BCUT2D eigenvalue weighted by molar-refractivity contribution is 7.80. The standard InChI is InChI=1S/C18H22ClN5S/c1-13-7-5-6-10-24(13)16-11-15(19)21-17(22-16)23-18(25)20-12-14-8-3-2-4-9-14/h2-4,8-9,11,13H,5-7,10,12H2,1H3,(H2,20,21,22,23,25)/t13-/m1/s1. The first-order valence-corrected chi connectivity index (χ1v) is 9.30. The summed E-state index contributed by atoms with van der Waals surface area (Å²) in [7, 11) is 0. The molecule has 5 nitrogen and oxygen atoms in total. The van der Waals surface area contributed by atoms with Gasteiger partial charge < -0.3 is 15.5 Å². The molecule has 1 fully saturated rings. The molecule has 25 heavy (non-hydrogen) atoms. The average Bonchev–Trinajstić information content (AvgIpc) is 2.61. The van der Waals surface area contributed by atoms with E-state index in [1.807, 2.05) is 36.4 Å². The Labute approximate surface area is 158 Å². The summed E-state index contributed by atoms with van der Waals surface area (Å²) in [5, 5.41) is 7.08. The van der Waals surface area contributed by atoms with Gasteiger partial charge in [-0.05, 0) is 44.0 Å². The third-order valence-electron chi connectivity index (χ3n) is 4.30. The van der Waals surface area contributed by atoms with Gasteiger partial charge in [0.05, 0.1) is 0 Å². The molecule has 132 valence electrons. The number of aromatic nitrogens is 2. The van der Waals surface area contributed by atoms with E-state index in [2.05, 4.69) is 32.4 Å². The molecule has 0 unspecified atom stereocenters. The number of nitrogens with one attached hydrogen (secondary N) is 2. The van der Waals surface area contributed by atoms with Crippen molar-refractivity contribution >= 4 is 40.7 Å². The summed E-state index contributed by atoms with van der Waals surface area (Å²) in [4.78, 5) is 11.1. The van der Waals surface area contributed by atoms with Gasteiger partial charge in [0, 0.05) is 25.2 Å². The minimum Gasteiger partial charge on any atom is -0.358 e. The van der Waals surface area contributed by atoms with Gasteiger partial charge in [-0.3, -0.25) is 0 Å². The Morgan fingerprint density at radius 2 is 2.08 bits per heavy atom. The van der Waals surface area contributed by atoms with Crippen molar-refractivity contribution in [2.24, 2.45) is 0 Å². The van der Waals surface area contributed by atoms with Crippen molar-refractivity contribution in [3.05, 3.63) is 47.1 Å². The third kappa shape index (κ3) is 5.03. The van der Waals surface area contributed by atoms with Crippen LogP contribution in [0.2, 0.25) is 5.15 Å². The molecule has 0 amide bonds. The van der Waals surface area contributed by atoms with E-state index < -0.39 is 0 Å². The van der Waals surface area contributed by atoms with E-state index in [1.54, 1.807) is 0 Å². The van der Waals surface area contributed by atoms with Crippen LogP contribution in [0.4, 0.5) is 11.8 Å². The monoisotopic (exact) mass is 375 g/mol. The van der Waals surface area contributed by atoms with Crippen LogP contribution in [0.3, 0.4) is 0 Å². The fourth-order valence-electron chi connectivity index (χ4n) is 2.97. The second-order valence-electron chi connectivity index (χ2n) is 6.20. The van der Waals surface area contributed by atoms with Crippen LogP contribution in [0.5, 0.6) is 0 Å². The molecule has 0 saturated carbocycles. The zero-order chi connectivity index (χ0) is 17.6. The van der Waals surface area contributed by atoms with E-state index in [1.165, 1.54) is 19.3 Å². The van der Waals surface area contributed by atoms with Crippen molar-refractivity contribution in [3.63, 3.8) is 0 Å². The van der Waals surface area contributed by atoms with Crippen LogP contribution in [0, 0.1) is 0 Å². The summed E-state index contributed by atoms with van der Waals surface area (Å²) < 4.78 is 0. The Balaban J connectivity index is 1.64. The number of thiocarbonyl (C=S) groups is 1. The van der Waals surface area contributed by atoms with E-state index in [9.17, 15) is 0 Å². The van der Waals surface area contributed by atoms with Gasteiger partial charge in [0.25, 0.3) is 0 Å². The maximum atomic E-state index is 6.19. The van der Waals surface area contributed by atoms with Crippen molar-refractivity contribution in [1.29, 1.82) is 0 Å². The molecule has 1 aliphatic heterocycles. The van der Waals surface area contributed by atoms with Gasteiger partial charge in [-0.25, -0.2) is 4.98 Å². The Morgan fingerprint density at radius 1 is 1.28 bits per heavy atom. The first kappa shape index (κ1) is 17.9. The van der Waals surface area contributed by atoms with Crippen molar-refractivity contribution in [1.82, 2.24) is 15.3 Å². The molecule has 0 spiro atoms. The van der Waals surface area contributed by atoms with Crippen LogP contribution < -0.4 is 15.5 Å². The number of halogens is 1. The lowest BCUT2D eigenvalue weighted by molar-refractivity contribution is 0.481. The molecule has 1 aromatic carbocycles. The van der Waals surface area contributed by atoms with Crippen molar-refractivity contribution in [2.45, 2.75) is 38.8 Å². The summed E-state index contributed by atoms with van der Waals surface area (Å²) in [5.74, 6) is 1.27. The lowest BCUT2D eigenvalue weighted by Gasteiger charge is -2.34. The van der Waals surface area contributed by atoms with Crippen LogP contribution in [0.25, 0.3) is 0 Å². The fraction of sp³-hybridized carbons (Fsp3) is 0.389. The van der Waals surface area contributed by atoms with Crippen molar-refractivity contribution in [2.75, 3.05) is 16.8 Å². The fourth-order valence-corrected chi connectivity index (χ4v) is 3.31. The average molecular weight is 376 g/mol. The molecule has 2 heterocycles. The van der Waals surface area contributed by atoms with Crippen molar-refractivity contribution in [3.8, 4) is 0 Å². The molecular formula is C18H22ClN5S. The van der Waals surface area contributed by atoms with Crippen LogP contribution in [0.15, 0.2) is 36.4 Å². The second kappa shape index (κ2) is 8.45. The second-order valence-corrected chi connectivity index (χ2v) is 7.00. The Bertz CT molecular complexity index is 725. The Morgan fingerprint density at radius 3 is 2.84 bits per heavy atom. The molecule has 1 atom stereocenters. The molecule has 1 aliphatic rings. The van der Waals surface area contributed by atoms with Crippen molar-refractivity contribution < 1.29 is 0 Å². The molecule has 1 saturated heterocycles.